The molecule has 4 heterocycles. The molecule has 1 atom stereocenters. The van der Waals surface area contributed by atoms with Crippen LogP contribution in [0.4, 0.5) is 19.1 Å². The third-order valence-corrected chi connectivity index (χ3v) is 7.51. The van der Waals surface area contributed by atoms with E-state index in [0.717, 1.165) is 31.9 Å². The molecule has 2 fully saturated rings. The van der Waals surface area contributed by atoms with Crippen LogP contribution in [0.25, 0.3) is 11.0 Å². The maximum atomic E-state index is 13.2. The molecule has 3 aromatic rings. The zero-order valence-electron chi connectivity index (χ0n) is 22.1. The average Bonchev–Trinajstić information content (AvgIpc) is 3.13. The number of alkyl halides is 3. The number of benzene rings is 1. The molecule has 2 amide bonds. The number of halogens is 4. The zero-order valence-corrected chi connectivity index (χ0v) is 22.9. The molecule has 13 heteroatoms. The van der Waals surface area contributed by atoms with Gasteiger partial charge < -0.3 is 18.9 Å². The number of hydrogen-bond acceptors (Lipinski definition) is 6. The van der Waals surface area contributed by atoms with Crippen molar-refractivity contribution in [1.29, 1.82) is 0 Å². The van der Waals surface area contributed by atoms with Gasteiger partial charge in [-0.2, -0.15) is 13.2 Å². The van der Waals surface area contributed by atoms with Gasteiger partial charge in [0.1, 0.15) is 17.5 Å². The molecule has 1 aromatic carbocycles. The van der Waals surface area contributed by atoms with Gasteiger partial charge in [0.15, 0.2) is 0 Å². The molecule has 2 aliphatic heterocycles. The van der Waals surface area contributed by atoms with Crippen LogP contribution in [0.2, 0.25) is 5.02 Å². The SMILES string of the molecule is C=CC(=O)N1CCCC[C@@H](n2c(NC(=O)c3ccnc(C(F)(F)F)c3)nc3cc(OC4CCOCC4)cc(Cl)c32)C1. The van der Waals surface area contributed by atoms with E-state index in [-0.39, 0.29) is 29.6 Å². The van der Waals surface area contributed by atoms with E-state index in [2.05, 4.69) is 21.9 Å². The summed E-state index contributed by atoms with van der Waals surface area (Å²) in [6, 6.07) is 4.96. The second kappa shape index (κ2) is 12.1. The lowest BCUT2D eigenvalue weighted by atomic mass is 10.1. The largest absolute Gasteiger partial charge is 0.490 e. The molecule has 0 saturated carbocycles. The number of nitrogens with zero attached hydrogens (tertiary/aromatic N) is 4. The molecule has 0 aliphatic carbocycles. The van der Waals surface area contributed by atoms with E-state index in [1.165, 1.54) is 12.1 Å². The molecule has 0 radical (unpaired) electrons. The predicted molar refractivity (Wildman–Crippen MR) is 146 cm³/mol. The van der Waals surface area contributed by atoms with Gasteiger partial charge >= 0.3 is 6.18 Å². The number of likely N-dealkylation sites (tertiary alicyclic amines) is 1. The molecule has 1 N–H and O–H groups in total. The molecule has 2 saturated heterocycles. The lowest BCUT2D eigenvalue weighted by molar-refractivity contribution is -0.141. The predicted octanol–water partition coefficient (Wildman–Crippen LogP) is 5.65. The topological polar surface area (TPSA) is 98.6 Å². The highest BCUT2D eigenvalue weighted by atomic mass is 35.5. The Morgan fingerprint density at radius 3 is 2.68 bits per heavy atom. The Labute approximate surface area is 239 Å². The normalized spacial score (nSPS) is 18.6. The van der Waals surface area contributed by atoms with Gasteiger partial charge in [0.2, 0.25) is 11.9 Å². The van der Waals surface area contributed by atoms with Crippen molar-refractivity contribution < 1.29 is 32.2 Å². The summed E-state index contributed by atoms with van der Waals surface area (Å²) in [7, 11) is 0. The fourth-order valence-corrected chi connectivity index (χ4v) is 5.51. The van der Waals surface area contributed by atoms with Crippen LogP contribution >= 0.6 is 11.6 Å². The van der Waals surface area contributed by atoms with Crippen LogP contribution in [0.5, 0.6) is 5.75 Å². The Hall–Kier alpha value is -3.64. The van der Waals surface area contributed by atoms with Gasteiger partial charge in [-0.1, -0.05) is 18.2 Å². The van der Waals surface area contributed by atoms with E-state index in [0.29, 0.717) is 60.6 Å². The van der Waals surface area contributed by atoms with Crippen molar-refractivity contribution in [3.63, 3.8) is 0 Å². The van der Waals surface area contributed by atoms with Crippen molar-refractivity contribution in [2.24, 2.45) is 0 Å². The number of aromatic nitrogens is 3. The van der Waals surface area contributed by atoms with E-state index < -0.39 is 17.8 Å². The van der Waals surface area contributed by atoms with Gasteiger partial charge in [-0.3, -0.25) is 19.9 Å². The number of pyridine rings is 1. The molecule has 41 heavy (non-hydrogen) atoms. The minimum absolute atomic E-state index is 0.0478. The molecule has 0 bridgehead atoms. The first-order valence-corrected chi connectivity index (χ1v) is 13.7. The minimum Gasteiger partial charge on any atom is -0.490 e. The molecule has 0 spiro atoms. The number of fused-ring (bicyclic) bond motifs is 1. The van der Waals surface area contributed by atoms with E-state index in [1.54, 1.807) is 21.6 Å². The standard InChI is InChI=1S/C28H29ClF3N5O4/c1-2-24(38)36-10-4-3-5-18(16-36)37-25-21(29)14-20(41-19-7-11-40-12-8-19)15-22(25)34-27(37)35-26(39)17-6-9-33-23(13-17)28(30,31)32/h2,6,9,13-15,18-19H,1,3-5,7-8,10-12,16H2,(H,34,35,39)/t18-/m1/s1. The fourth-order valence-electron chi connectivity index (χ4n) is 5.22. The van der Waals surface area contributed by atoms with Crippen molar-refractivity contribution in [1.82, 2.24) is 19.4 Å². The molecule has 2 aromatic heterocycles. The summed E-state index contributed by atoms with van der Waals surface area (Å²) < 4.78 is 53.0. The molecular weight excluding hydrogens is 563 g/mol. The number of nitrogens with one attached hydrogen (secondary N) is 1. The summed E-state index contributed by atoms with van der Waals surface area (Å²) in [6.07, 6.45) is 1.11. The smallest absolute Gasteiger partial charge is 0.433 e. The summed E-state index contributed by atoms with van der Waals surface area (Å²) in [6.45, 7) is 5.64. The highest BCUT2D eigenvalue weighted by molar-refractivity contribution is 6.35. The second-order valence-corrected chi connectivity index (χ2v) is 10.4. The van der Waals surface area contributed by atoms with Crippen molar-refractivity contribution in [2.45, 2.75) is 50.4 Å². The van der Waals surface area contributed by atoms with Crippen LogP contribution in [-0.4, -0.2) is 63.7 Å². The van der Waals surface area contributed by atoms with E-state index >= 15 is 0 Å². The Morgan fingerprint density at radius 1 is 1.17 bits per heavy atom. The highest BCUT2D eigenvalue weighted by Crippen LogP contribution is 2.37. The lowest BCUT2D eigenvalue weighted by Gasteiger charge is -2.26. The Morgan fingerprint density at radius 2 is 1.95 bits per heavy atom. The number of hydrogen-bond donors (Lipinski definition) is 1. The monoisotopic (exact) mass is 591 g/mol. The zero-order chi connectivity index (χ0) is 29.1. The van der Waals surface area contributed by atoms with Gasteiger partial charge in [-0.25, -0.2) is 4.98 Å². The van der Waals surface area contributed by atoms with Gasteiger partial charge in [0.05, 0.1) is 35.3 Å². The molecule has 2 aliphatic rings. The number of rotatable bonds is 6. The first kappa shape index (κ1) is 28.9. The number of imidazole rings is 1. The van der Waals surface area contributed by atoms with Crippen LogP contribution in [0, 0.1) is 0 Å². The quantitative estimate of drug-likeness (QED) is 0.372. The highest BCUT2D eigenvalue weighted by Gasteiger charge is 2.33. The number of carbonyl (C=O) groups is 2. The number of anilines is 1. The summed E-state index contributed by atoms with van der Waals surface area (Å²) in [4.78, 5) is 35.4. The van der Waals surface area contributed by atoms with Crippen LogP contribution in [-0.2, 0) is 15.7 Å². The van der Waals surface area contributed by atoms with Crippen LogP contribution in [0.1, 0.15) is 54.2 Å². The van der Waals surface area contributed by atoms with Crippen molar-refractivity contribution >= 4 is 40.4 Å². The third-order valence-electron chi connectivity index (χ3n) is 7.22. The Balaban J connectivity index is 1.55. The van der Waals surface area contributed by atoms with Crippen molar-refractivity contribution in [3.8, 4) is 5.75 Å². The Kier molecular flexibility index (Phi) is 8.50. The molecule has 218 valence electrons. The summed E-state index contributed by atoms with van der Waals surface area (Å²) in [5.74, 6) is -0.415. The minimum atomic E-state index is -4.71. The molecule has 9 nitrogen and oxygen atoms in total. The summed E-state index contributed by atoms with van der Waals surface area (Å²) >= 11 is 6.80. The maximum absolute atomic E-state index is 13.2. The lowest BCUT2D eigenvalue weighted by Crippen LogP contribution is -2.34. The van der Waals surface area contributed by atoms with Gasteiger partial charge in [0.25, 0.3) is 5.91 Å². The summed E-state index contributed by atoms with van der Waals surface area (Å²) in [5.41, 5.74) is -0.458. The van der Waals surface area contributed by atoms with Crippen LogP contribution < -0.4 is 10.1 Å². The van der Waals surface area contributed by atoms with Crippen molar-refractivity contribution in [2.75, 3.05) is 31.6 Å². The van der Waals surface area contributed by atoms with Gasteiger partial charge in [-0.05, 0) is 37.5 Å². The van der Waals surface area contributed by atoms with Gasteiger partial charge in [-0.15, -0.1) is 0 Å². The van der Waals surface area contributed by atoms with Crippen LogP contribution in [0.15, 0.2) is 43.1 Å². The van der Waals surface area contributed by atoms with Crippen LogP contribution in [0.3, 0.4) is 0 Å². The molecular formula is C28H29ClF3N5O4. The fraction of sp³-hybridized carbons (Fsp3) is 0.429. The van der Waals surface area contributed by atoms with Crippen molar-refractivity contribution in [3.05, 3.63) is 59.4 Å². The molecule has 0 unspecified atom stereocenters. The number of ether oxygens (including phenoxy) is 2. The van der Waals surface area contributed by atoms with E-state index in [9.17, 15) is 22.8 Å². The first-order chi connectivity index (χ1) is 19.6. The van der Waals surface area contributed by atoms with E-state index in [1.807, 2.05) is 0 Å². The first-order valence-electron chi connectivity index (χ1n) is 13.4. The summed E-state index contributed by atoms with van der Waals surface area (Å²) in [5, 5.41) is 3.00. The third kappa shape index (κ3) is 6.48. The Bertz CT molecular complexity index is 1450. The van der Waals surface area contributed by atoms with Gasteiger partial charge in [0, 0.05) is 49.8 Å². The maximum Gasteiger partial charge on any atom is 0.433 e. The second-order valence-electron chi connectivity index (χ2n) is 10.0. The number of carbonyl (C=O) groups excluding carboxylic acids is 2. The average molecular weight is 592 g/mol. The number of amides is 2. The van der Waals surface area contributed by atoms with E-state index in [4.69, 9.17) is 21.1 Å². The molecule has 5 rings (SSSR count).